The molecule has 5 nitrogen and oxygen atoms in total. The van der Waals surface area contributed by atoms with E-state index in [1.54, 1.807) is 7.05 Å². The lowest BCUT2D eigenvalue weighted by atomic mass is 9.82. The molecular formula is C17H26N2O3S. The molecule has 6 heteroatoms. The van der Waals surface area contributed by atoms with Crippen LogP contribution < -0.4 is 10.6 Å². The van der Waals surface area contributed by atoms with Gasteiger partial charge in [-0.05, 0) is 51.0 Å². The van der Waals surface area contributed by atoms with Gasteiger partial charge in [0, 0.05) is 11.9 Å². The number of rotatable bonds is 2. The highest BCUT2D eigenvalue weighted by Gasteiger charge is 2.33. The van der Waals surface area contributed by atoms with Gasteiger partial charge in [-0.1, -0.05) is 13.8 Å². The van der Waals surface area contributed by atoms with Gasteiger partial charge < -0.3 is 10.1 Å². The van der Waals surface area contributed by atoms with Gasteiger partial charge in [0.15, 0.2) is 0 Å². The molecule has 1 aromatic rings. The second-order valence-corrected chi connectivity index (χ2v) is 8.35. The lowest BCUT2D eigenvalue weighted by molar-refractivity contribution is 0.00697. The molecule has 2 atom stereocenters. The molecule has 1 heterocycles. The van der Waals surface area contributed by atoms with Crippen LogP contribution in [-0.2, 0) is 11.2 Å². The lowest BCUT2D eigenvalue weighted by Gasteiger charge is -2.25. The molecule has 128 valence electrons. The summed E-state index contributed by atoms with van der Waals surface area (Å²) < 4.78 is 5.57. The van der Waals surface area contributed by atoms with Gasteiger partial charge in [0.1, 0.15) is 10.6 Å². The number of carbonyl (C=O) groups excluding carboxylic acids is 2. The van der Waals surface area contributed by atoms with Gasteiger partial charge in [-0.25, -0.2) is 9.59 Å². The first-order chi connectivity index (χ1) is 10.6. The number of ether oxygens (including phenoxy) is 1. The minimum absolute atomic E-state index is 0.325. The molecule has 0 saturated heterocycles. The fourth-order valence-electron chi connectivity index (χ4n) is 3.02. The monoisotopic (exact) mass is 338 g/mol. The second-order valence-electron chi connectivity index (χ2n) is 7.30. The summed E-state index contributed by atoms with van der Waals surface area (Å²) in [6.45, 7) is 9.91. The van der Waals surface area contributed by atoms with E-state index in [9.17, 15) is 9.59 Å². The Morgan fingerprint density at radius 1 is 1.26 bits per heavy atom. The number of nitrogens with one attached hydrogen (secondary N) is 2. The van der Waals surface area contributed by atoms with Gasteiger partial charge in [0.2, 0.25) is 0 Å². The van der Waals surface area contributed by atoms with Crippen molar-refractivity contribution >= 4 is 28.3 Å². The van der Waals surface area contributed by atoms with Crippen LogP contribution in [0.15, 0.2) is 0 Å². The molecule has 1 aliphatic carbocycles. The van der Waals surface area contributed by atoms with E-state index >= 15 is 0 Å². The quantitative estimate of drug-likeness (QED) is 0.796. The predicted molar refractivity (Wildman–Crippen MR) is 93.5 cm³/mol. The Bertz CT molecular complexity index is 616. The summed E-state index contributed by atoms with van der Waals surface area (Å²) in [5.74, 6) is 0.545. The Labute approximate surface area is 141 Å². The molecule has 2 N–H and O–H groups in total. The first-order valence-electron chi connectivity index (χ1n) is 8.00. The Kier molecular flexibility index (Phi) is 5.04. The van der Waals surface area contributed by atoms with E-state index < -0.39 is 5.60 Å². The SMILES string of the molecule is CNC(=O)Nc1sc2c(c1C(=O)OC(C)(C)C)CC(C)CC2C. The van der Waals surface area contributed by atoms with Crippen LogP contribution in [0.2, 0.25) is 0 Å². The number of hydrogen-bond acceptors (Lipinski definition) is 4. The summed E-state index contributed by atoms with van der Waals surface area (Å²) >= 11 is 1.50. The smallest absolute Gasteiger partial charge is 0.341 e. The predicted octanol–water partition coefficient (Wildman–Crippen LogP) is 4.14. The molecule has 2 unspecified atom stereocenters. The maximum Gasteiger partial charge on any atom is 0.341 e. The highest BCUT2D eigenvalue weighted by Crippen LogP contribution is 2.45. The third-order valence-corrected chi connectivity index (χ3v) is 5.23. The highest BCUT2D eigenvalue weighted by molar-refractivity contribution is 7.17. The minimum atomic E-state index is -0.567. The van der Waals surface area contributed by atoms with E-state index in [0.717, 1.165) is 18.4 Å². The van der Waals surface area contributed by atoms with Crippen LogP contribution in [0.1, 0.15) is 67.8 Å². The third kappa shape index (κ3) is 4.05. The fraction of sp³-hybridized carbons (Fsp3) is 0.647. The van der Waals surface area contributed by atoms with E-state index in [2.05, 4.69) is 24.5 Å². The number of fused-ring (bicyclic) bond motifs is 1. The van der Waals surface area contributed by atoms with Crippen molar-refractivity contribution in [3.8, 4) is 0 Å². The third-order valence-electron chi connectivity index (χ3n) is 3.85. The van der Waals surface area contributed by atoms with Crippen LogP contribution in [-0.4, -0.2) is 24.6 Å². The molecule has 0 spiro atoms. The Morgan fingerprint density at radius 2 is 1.91 bits per heavy atom. The van der Waals surface area contributed by atoms with Crippen molar-refractivity contribution < 1.29 is 14.3 Å². The van der Waals surface area contributed by atoms with Crippen molar-refractivity contribution in [3.05, 3.63) is 16.0 Å². The van der Waals surface area contributed by atoms with Crippen LogP contribution in [0.3, 0.4) is 0 Å². The van der Waals surface area contributed by atoms with E-state index in [-0.39, 0.29) is 12.0 Å². The Hall–Kier alpha value is -1.56. The number of thiophene rings is 1. The molecule has 23 heavy (non-hydrogen) atoms. The fourth-order valence-corrected chi connectivity index (χ4v) is 4.30. The molecular weight excluding hydrogens is 312 g/mol. The maximum atomic E-state index is 12.7. The van der Waals surface area contributed by atoms with Crippen molar-refractivity contribution in [2.24, 2.45) is 5.92 Å². The van der Waals surface area contributed by atoms with Crippen LogP contribution >= 0.6 is 11.3 Å². The average molecular weight is 338 g/mol. The summed E-state index contributed by atoms with van der Waals surface area (Å²) in [5, 5.41) is 5.91. The summed E-state index contributed by atoms with van der Waals surface area (Å²) in [4.78, 5) is 25.6. The zero-order valence-corrected chi connectivity index (χ0v) is 15.5. The van der Waals surface area contributed by atoms with Crippen LogP contribution in [0.4, 0.5) is 9.80 Å². The summed E-state index contributed by atoms with van der Waals surface area (Å²) in [6.07, 6.45) is 1.95. The maximum absolute atomic E-state index is 12.7. The molecule has 1 aliphatic rings. The first kappa shape index (κ1) is 17.8. The van der Waals surface area contributed by atoms with Crippen LogP contribution in [0.25, 0.3) is 0 Å². The lowest BCUT2D eigenvalue weighted by Crippen LogP contribution is -2.28. The Morgan fingerprint density at radius 3 is 2.48 bits per heavy atom. The Balaban J connectivity index is 2.47. The number of amides is 2. The highest BCUT2D eigenvalue weighted by atomic mass is 32.1. The summed E-state index contributed by atoms with van der Waals surface area (Å²) in [6, 6.07) is -0.325. The number of hydrogen-bond donors (Lipinski definition) is 2. The minimum Gasteiger partial charge on any atom is -0.456 e. The topological polar surface area (TPSA) is 67.4 Å². The molecule has 0 bridgehead atoms. The molecule has 0 fully saturated rings. The van der Waals surface area contributed by atoms with Crippen molar-refractivity contribution in [2.75, 3.05) is 12.4 Å². The zero-order valence-electron chi connectivity index (χ0n) is 14.7. The van der Waals surface area contributed by atoms with Gasteiger partial charge in [-0.2, -0.15) is 0 Å². The van der Waals surface area contributed by atoms with Gasteiger partial charge in [-0.3, -0.25) is 5.32 Å². The molecule has 1 aromatic heterocycles. The molecule has 0 radical (unpaired) electrons. The van der Waals surface area contributed by atoms with Gasteiger partial charge in [-0.15, -0.1) is 11.3 Å². The average Bonchev–Trinajstić information content (AvgIpc) is 2.74. The second kappa shape index (κ2) is 6.51. The largest absolute Gasteiger partial charge is 0.456 e. The van der Waals surface area contributed by atoms with Gasteiger partial charge in [0.25, 0.3) is 0 Å². The standard InChI is InChI=1S/C17H26N2O3S/c1-9-7-10(2)13-11(8-9)12(15(20)22-17(3,4)5)14(23-13)19-16(21)18-6/h9-10H,7-8H2,1-6H3,(H2,18,19,21). The zero-order chi connectivity index (χ0) is 17.4. The van der Waals surface area contributed by atoms with E-state index in [4.69, 9.17) is 4.74 Å². The normalized spacial score (nSPS) is 20.6. The van der Waals surface area contributed by atoms with Crippen molar-refractivity contribution in [1.82, 2.24) is 5.32 Å². The molecule has 0 saturated carbocycles. The number of esters is 1. The van der Waals surface area contributed by atoms with Crippen molar-refractivity contribution in [2.45, 2.75) is 59.0 Å². The number of urea groups is 1. The first-order valence-corrected chi connectivity index (χ1v) is 8.81. The van der Waals surface area contributed by atoms with E-state index in [0.29, 0.717) is 22.4 Å². The summed E-state index contributed by atoms with van der Waals surface area (Å²) in [5.41, 5.74) is 1.01. The van der Waals surface area contributed by atoms with Crippen molar-refractivity contribution in [3.63, 3.8) is 0 Å². The number of carbonyl (C=O) groups is 2. The van der Waals surface area contributed by atoms with Gasteiger partial charge in [0.05, 0.1) is 5.56 Å². The molecule has 0 aliphatic heterocycles. The van der Waals surface area contributed by atoms with E-state index in [1.807, 2.05) is 20.8 Å². The molecule has 0 aromatic carbocycles. The van der Waals surface area contributed by atoms with Crippen LogP contribution in [0.5, 0.6) is 0 Å². The van der Waals surface area contributed by atoms with Crippen LogP contribution in [0, 0.1) is 5.92 Å². The molecule has 2 rings (SSSR count). The molecule has 2 amide bonds. The number of anilines is 1. The summed E-state index contributed by atoms with van der Waals surface area (Å²) in [7, 11) is 1.56. The van der Waals surface area contributed by atoms with Crippen molar-refractivity contribution in [1.29, 1.82) is 0 Å². The van der Waals surface area contributed by atoms with E-state index in [1.165, 1.54) is 16.2 Å². The van der Waals surface area contributed by atoms with Gasteiger partial charge >= 0.3 is 12.0 Å².